The summed E-state index contributed by atoms with van der Waals surface area (Å²) in [6.45, 7) is 1.98. The second-order valence-corrected chi connectivity index (χ2v) is 14.9. The van der Waals surface area contributed by atoms with Gasteiger partial charge in [0, 0.05) is 95.9 Å². The molecule has 3 aliphatic heterocycles. The van der Waals surface area contributed by atoms with Crippen LogP contribution in [0.2, 0.25) is 0 Å². The summed E-state index contributed by atoms with van der Waals surface area (Å²) in [6, 6.07) is 11.3. The molecule has 8 nitrogen and oxygen atoms in total. The number of carbonyl (C=O) groups excluding carboxylic acids is 2. The normalized spacial score (nSPS) is 26.9. The highest BCUT2D eigenvalue weighted by atomic mass is 19.4. The molecule has 4 aliphatic rings. The Balaban J connectivity index is 1.30. The minimum Gasteiger partial charge on any atom is -0.497 e. The van der Waals surface area contributed by atoms with Crippen molar-refractivity contribution in [3.63, 3.8) is 0 Å². The minimum absolute atomic E-state index is 0.00937. The van der Waals surface area contributed by atoms with E-state index in [9.17, 15) is 22.8 Å². The summed E-state index contributed by atoms with van der Waals surface area (Å²) in [6.07, 6.45) is 0.661. The molecule has 0 radical (unpaired) electrons. The summed E-state index contributed by atoms with van der Waals surface area (Å²) < 4.78 is 70.8. The lowest BCUT2D eigenvalue weighted by Crippen LogP contribution is -2.50. The van der Waals surface area contributed by atoms with Crippen molar-refractivity contribution in [2.75, 3.05) is 79.1 Å². The number of halogens is 4. The molecular weight excluding hydrogens is 652 g/mol. The van der Waals surface area contributed by atoms with Crippen LogP contribution in [0.15, 0.2) is 42.5 Å². The molecule has 50 heavy (non-hydrogen) atoms. The van der Waals surface area contributed by atoms with Crippen LogP contribution in [0.1, 0.15) is 67.1 Å². The van der Waals surface area contributed by atoms with Gasteiger partial charge in [0.25, 0.3) is 5.91 Å². The number of rotatable bonds is 9. The van der Waals surface area contributed by atoms with E-state index in [2.05, 4.69) is 4.90 Å². The first-order chi connectivity index (χ1) is 23.8. The summed E-state index contributed by atoms with van der Waals surface area (Å²) in [4.78, 5) is 34.4. The summed E-state index contributed by atoms with van der Waals surface area (Å²) in [5, 5.41) is 0. The number of piperidine rings is 1. The molecule has 2 amide bonds. The summed E-state index contributed by atoms with van der Waals surface area (Å²) >= 11 is 0. The third-order valence-corrected chi connectivity index (χ3v) is 11.6. The molecular formula is C38H50F4N4O4. The van der Waals surface area contributed by atoms with Crippen LogP contribution in [0, 0.1) is 11.8 Å². The Morgan fingerprint density at radius 2 is 1.62 bits per heavy atom. The van der Waals surface area contributed by atoms with E-state index in [1.54, 1.807) is 50.2 Å². The molecule has 2 aromatic carbocycles. The number of hydrogen-bond acceptors (Lipinski definition) is 6. The summed E-state index contributed by atoms with van der Waals surface area (Å²) in [5.41, 5.74) is -1.04. The molecule has 4 fully saturated rings. The lowest BCUT2D eigenvalue weighted by Gasteiger charge is -2.36. The van der Waals surface area contributed by atoms with Crippen molar-refractivity contribution < 1.29 is 36.6 Å². The van der Waals surface area contributed by atoms with Gasteiger partial charge in [-0.1, -0.05) is 31.0 Å². The van der Waals surface area contributed by atoms with Gasteiger partial charge in [0.1, 0.15) is 5.75 Å². The number of amides is 2. The third-order valence-electron chi connectivity index (χ3n) is 11.6. The Labute approximate surface area is 292 Å². The maximum Gasteiger partial charge on any atom is 0.416 e. The van der Waals surface area contributed by atoms with Crippen molar-refractivity contribution >= 4 is 17.5 Å². The lowest BCUT2D eigenvalue weighted by atomic mass is 9.85. The predicted molar refractivity (Wildman–Crippen MR) is 183 cm³/mol. The number of methoxy groups -OCH3 is 2. The Morgan fingerprint density at radius 1 is 0.940 bits per heavy atom. The van der Waals surface area contributed by atoms with E-state index >= 15 is 4.39 Å². The number of alkyl halides is 4. The van der Waals surface area contributed by atoms with Crippen LogP contribution < -0.4 is 9.64 Å². The highest BCUT2D eigenvalue weighted by Crippen LogP contribution is 2.47. The highest BCUT2D eigenvalue weighted by Gasteiger charge is 2.57. The number of nitrogens with zero attached hydrogens (tertiary/aromatic N) is 4. The average Bonchev–Trinajstić information content (AvgIpc) is 3.87. The third kappa shape index (κ3) is 7.20. The smallest absolute Gasteiger partial charge is 0.416 e. The quantitative estimate of drug-likeness (QED) is 0.301. The van der Waals surface area contributed by atoms with E-state index in [0.29, 0.717) is 49.5 Å². The number of hydrogen-bond donors (Lipinski definition) is 0. The Bertz CT molecular complexity index is 1510. The van der Waals surface area contributed by atoms with E-state index < -0.39 is 29.2 Å². The molecule has 3 heterocycles. The number of anilines is 1. The Hall–Kier alpha value is -3.38. The largest absolute Gasteiger partial charge is 0.497 e. The van der Waals surface area contributed by atoms with Crippen molar-refractivity contribution in [1.82, 2.24) is 14.7 Å². The molecule has 3 saturated heterocycles. The van der Waals surface area contributed by atoms with Crippen LogP contribution in [0.25, 0.3) is 0 Å². The Kier molecular flexibility index (Phi) is 10.7. The van der Waals surface area contributed by atoms with Crippen LogP contribution >= 0.6 is 0 Å². The zero-order valence-electron chi connectivity index (χ0n) is 29.6. The van der Waals surface area contributed by atoms with Gasteiger partial charge in [0.2, 0.25) is 11.6 Å². The van der Waals surface area contributed by atoms with Gasteiger partial charge in [-0.05, 0) is 61.1 Å². The zero-order chi connectivity index (χ0) is 35.8. The van der Waals surface area contributed by atoms with Crippen LogP contribution in [0.3, 0.4) is 0 Å². The predicted octanol–water partition coefficient (Wildman–Crippen LogP) is 5.96. The van der Waals surface area contributed by atoms with Crippen molar-refractivity contribution in [2.45, 2.75) is 68.2 Å². The Morgan fingerprint density at radius 3 is 2.22 bits per heavy atom. The number of ether oxygens (including phenoxy) is 2. The maximum absolute atomic E-state index is 17.7. The van der Waals surface area contributed by atoms with E-state index in [1.165, 1.54) is 12.1 Å². The minimum atomic E-state index is -4.54. The van der Waals surface area contributed by atoms with E-state index in [4.69, 9.17) is 9.47 Å². The summed E-state index contributed by atoms with van der Waals surface area (Å²) in [5.74, 6) is -1.37. The molecule has 274 valence electrons. The van der Waals surface area contributed by atoms with Gasteiger partial charge in [-0.2, -0.15) is 13.2 Å². The van der Waals surface area contributed by atoms with E-state index in [0.717, 1.165) is 37.3 Å². The molecule has 0 bridgehead atoms. The average molecular weight is 703 g/mol. The molecule has 1 aliphatic carbocycles. The van der Waals surface area contributed by atoms with Gasteiger partial charge in [0.05, 0.1) is 19.3 Å². The number of carbonyl (C=O) groups is 2. The molecule has 2 aromatic rings. The van der Waals surface area contributed by atoms with Crippen LogP contribution in [-0.2, 0) is 20.5 Å². The van der Waals surface area contributed by atoms with Gasteiger partial charge in [0.15, 0.2) is 0 Å². The first-order valence-electron chi connectivity index (χ1n) is 17.9. The van der Waals surface area contributed by atoms with Crippen molar-refractivity contribution in [3.05, 3.63) is 59.2 Å². The van der Waals surface area contributed by atoms with Gasteiger partial charge < -0.3 is 24.2 Å². The highest BCUT2D eigenvalue weighted by molar-refractivity contribution is 5.88. The van der Waals surface area contributed by atoms with Gasteiger partial charge in [-0.25, -0.2) is 4.39 Å². The molecule has 0 spiro atoms. The fourth-order valence-electron chi connectivity index (χ4n) is 8.89. The molecule has 0 aromatic heterocycles. The zero-order valence-corrected chi connectivity index (χ0v) is 29.6. The molecule has 1 saturated carbocycles. The molecule has 0 N–H and O–H groups in total. The summed E-state index contributed by atoms with van der Waals surface area (Å²) in [7, 11) is 6.56. The SMILES string of the molecule is COC[C@H]1CN(C(=O)[C@]2(F)CN(C3CCCC3)C[C@H]2c2ccc(OC)cc2)C[C@@H]1c1ccc(C(F)(F)F)cc1N1CCC(C(=O)N(C)C)CC1. The molecule has 0 unspecified atom stereocenters. The van der Waals surface area contributed by atoms with Gasteiger partial charge in [-0.15, -0.1) is 0 Å². The molecule has 12 heteroatoms. The first kappa shape index (κ1) is 36.4. The molecule has 4 atom stereocenters. The maximum atomic E-state index is 17.7. The number of likely N-dealkylation sites (tertiary alicyclic amines) is 2. The van der Waals surface area contributed by atoms with Gasteiger partial charge in [-0.3, -0.25) is 14.5 Å². The molecule has 6 rings (SSSR count). The van der Waals surface area contributed by atoms with Crippen molar-refractivity contribution in [3.8, 4) is 5.75 Å². The fourth-order valence-corrected chi connectivity index (χ4v) is 8.89. The van der Waals surface area contributed by atoms with E-state index in [1.807, 2.05) is 17.0 Å². The monoisotopic (exact) mass is 702 g/mol. The van der Waals surface area contributed by atoms with Crippen LogP contribution in [-0.4, -0.2) is 112 Å². The standard InChI is InChI=1S/C38H50F4N4O4/c1-43(2)35(47)26-15-17-44(18-16-26)34-19-28(38(40,41)42)11-14-31(34)32-21-45(20-27(32)23-49-3)36(48)37(39)24-46(29-7-5-6-8-29)22-33(37)25-9-12-30(50-4)13-10-25/h9-14,19,26-27,29,32-33H,5-8,15-18,20-24H2,1-4H3/t27-,32+,33+,37+/m1/s1. The van der Waals surface area contributed by atoms with E-state index in [-0.39, 0.29) is 55.9 Å². The van der Waals surface area contributed by atoms with Gasteiger partial charge >= 0.3 is 6.18 Å². The second kappa shape index (κ2) is 14.7. The lowest BCUT2D eigenvalue weighted by molar-refractivity contribution is -0.143. The van der Waals surface area contributed by atoms with Crippen LogP contribution in [0.5, 0.6) is 5.75 Å². The van der Waals surface area contributed by atoms with Crippen molar-refractivity contribution in [2.24, 2.45) is 11.8 Å². The van der Waals surface area contributed by atoms with Crippen molar-refractivity contribution in [1.29, 1.82) is 0 Å². The first-order valence-corrected chi connectivity index (χ1v) is 17.9. The van der Waals surface area contributed by atoms with Crippen LogP contribution in [0.4, 0.5) is 23.2 Å². The fraction of sp³-hybridized carbons (Fsp3) is 0.632. The number of benzene rings is 2. The topological polar surface area (TPSA) is 65.6 Å². The second-order valence-electron chi connectivity index (χ2n) is 14.9.